The number of carbonyl (C=O) groups is 2. The summed E-state index contributed by atoms with van der Waals surface area (Å²) in [4.78, 5) is 21.7. The summed E-state index contributed by atoms with van der Waals surface area (Å²) in [5, 5.41) is 10.7. The van der Waals surface area contributed by atoms with Gasteiger partial charge in [0.15, 0.2) is 5.78 Å². The average molecular weight is 205 g/mol. The van der Waals surface area contributed by atoms with Gasteiger partial charge in [-0.25, -0.2) is 4.79 Å². The Morgan fingerprint density at radius 1 is 1.40 bits per heavy atom. The van der Waals surface area contributed by atoms with Crippen LogP contribution in [0.2, 0.25) is 0 Å². The molecule has 4 heteroatoms. The van der Waals surface area contributed by atoms with Gasteiger partial charge in [-0.05, 0) is 11.6 Å². The van der Waals surface area contributed by atoms with Crippen LogP contribution < -0.4 is 5.32 Å². The highest BCUT2D eigenvalue weighted by Gasteiger charge is 2.07. The molecule has 0 aromatic heterocycles. The molecule has 1 amide bonds. The average Bonchev–Trinajstić information content (AvgIpc) is 2.25. The van der Waals surface area contributed by atoms with E-state index in [1.165, 1.54) is 6.08 Å². The predicted octanol–water partition coefficient (Wildman–Crippen LogP) is 1.82. The lowest BCUT2D eigenvalue weighted by molar-refractivity contribution is 0.104. The van der Waals surface area contributed by atoms with E-state index in [9.17, 15) is 9.59 Å². The van der Waals surface area contributed by atoms with Crippen LogP contribution in [0.1, 0.15) is 15.9 Å². The molecule has 1 rings (SSSR count). The smallest absolute Gasteiger partial charge is 0.404 e. The van der Waals surface area contributed by atoms with Gasteiger partial charge < -0.3 is 10.4 Å². The van der Waals surface area contributed by atoms with Crippen molar-refractivity contribution >= 4 is 11.9 Å². The predicted molar refractivity (Wildman–Crippen MR) is 55.8 cm³/mol. The monoisotopic (exact) mass is 205 g/mol. The van der Waals surface area contributed by atoms with E-state index in [4.69, 9.17) is 5.11 Å². The number of allylic oxidation sites excluding steroid dienone is 1. The third kappa shape index (κ3) is 2.95. The summed E-state index contributed by atoms with van der Waals surface area (Å²) in [6, 6.07) is 6.81. The number of hydrogen-bond acceptors (Lipinski definition) is 2. The van der Waals surface area contributed by atoms with Crippen molar-refractivity contribution < 1.29 is 14.7 Å². The van der Waals surface area contributed by atoms with Gasteiger partial charge in [0.2, 0.25) is 0 Å². The van der Waals surface area contributed by atoms with E-state index in [1.807, 2.05) is 0 Å². The fourth-order valence-corrected chi connectivity index (χ4v) is 1.20. The van der Waals surface area contributed by atoms with Gasteiger partial charge in [-0.1, -0.05) is 30.8 Å². The number of amides is 1. The molecule has 1 aromatic carbocycles. The molecule has 2 N–H and O–H groups in total. The lowest BCUT2D eigenvalue weighted by Gasteiger charge is -2.06. The SMILES string of the molecule is C=CC(=O)c1ccccc1CNC(=O)O. The molecule has 15 heavy (non-hydrogen) atoms. The highest BCUT2D eigenvalue weighted by atomic mass is 16.4. The van der Waals surface area contributed by atoms with Crippen LogP contribution in [-0.2, 0) is 6.54 Å². The minimum Gasteiger partial charge on any atom is -0.465 e. The van der Waals surface area contributed by atoms with Crippen molar-refractivity contribution in [1.82, 2.24) is 5.32 Å². The first kappa shape index (κ1) is 11.0. The number of nitrogens with one attached hydrogen (secondary N) is 1. The Kier molecular flexibility index (Phi) is 3.62. The Morgan fingerprint density at radius 2 is 2.07 bits per heavy atom. The molecule has 0 heterocycles. The number of ketones is 1. The fraction of sp³-hybridized carbons (Fsp3) is 0.0909. The van der Waals surface area contributed by atoms with E-state index in [-0.39, 0.29) is 12.3 Å². The normalized spacial score (nSPS) is 9.33. The Hall–Kier alpha value is -2.10. The first-order valence-electron chi connectivity index (χ1n) is 4.36. The van der Waals surface area contributed by atoms with Crippen molar-refractivity contribution in [2.75, 3.05) is 0 Å². The van der Waals surface area contributed by atoms with Gasteiger partial charge in [-0.15, -0.1) is 0 Å². The highest BCUT2D eigenvalue weighted by molar-refractivity contribution is 6.05. The largest absolute Gasteiger partial charge is 0.465 e. The van der Waals surface area contributed by atoms with Crippen LogP contribution in [0.3, 0.4) is 0 Å². The summed E-state index contributed by atoms with van der Waals surface area (Å²) >= 11 is 0. The maximum atomic E-state index is 11.4. The van der Waals surface area contributed by atoms with E-state index >= 15 is 0 Å². The zero-order valence-electron chi connectivity index (χ0n) is 8.06. The Labute approximate surface area is 87.2 Å². The third-order valence-electron chi connectivity index (χ3n) is 1.90. The molecule has 0 saturated heterocycles. The Balaban J connectivity index is 2.91. The second-order valence-electron chi connectivity index (χ2n) is 2.88. The van der Waals surface area contributed by atoms with Crippen molar-refractivity contribution in [2.24, 2.45) is 0 Å². The van der Waals surface area contributed by atoms with E-state index in [0.717, 1.165) is 0 Å². The first-order chi connectivity index (χ1) is 7.15. The molecule has 4 nitrogen and oxygen atoms in total. The number of benzene rings is 1. The molecule has 0 atom stereocenters. The molecule has 0 saturated carbocycles. The van der Waals surface area contributed by atoms with Crippen LogP contribution in [0.25, 0.3) is 0 Å². The summed E-state index contributed by atoms with van der Waals surface area (Å²) in [7, 11) is 0. The fourth-order valence-electron chi connectivity index (χ4n) is 1.20. The molecule has 0 fully saturated rings. The first-order valence-corrected chi connectivity index (χ1v) is 4.36. The van der Waals surface area contributed by atoms with Gasteiger partial charge >= 0.3 is 6.09 Å². The van der Waals surface area contributed by atoms with Gasteiger partial charge in [0.1, 0.15) is 0 Å². The van der Waals surface area contributed by atoms with Crippen LogP contribution in [0, 0.1) is 0 Å². The van der Waals surface area contributed by atoms with Crippen LogP contribution >= 0.6 is 0 Å². The summed E-state index contributed by atoms with van der Waals surface area (Å²) in [6.07, 6.45) is 0.0930. The van der Waals surface area contributed by atoms with E-state index in [2.05, 4.69) is 11.9 Å². The maximum absolute atomic E-state index is 11.4. The van der Waals surface area contributed by atoms with E-state index in [0.29, 0.717) is 11.1 Å². The molecule has 0 unspecified atom stereocenters. The molecule has 0 aliphatic carbocycles. The molecule has 1 aromatic rings. The summed E-state index contributed by atoms with van der Waals surface area (Å²) in [6.45, 7) is 3.50. The van der Waals surface area contributed by atoms with E-state index in [1.54, 1.807) is 24.3 Å². The van der Waals surface area contributed by atoms with Gasteiger partial charge in [-0.2, -0.15) is 0 Å². The van der Waals surface area contributed by atoms with Gasteiger partial charge in [0.25, 0.3) is 0 Å². The quantitative estimate of drug-likeness (QED) is 0.582. The topological polar surface area (TPSA) is 66.4 Å². The summed E-state index contributed by atoms with van der Waals surface area (Å²) < 4.78 is 0. The Morgan fingerprint density at radius 3 is 2.67 bits per heavy atom. The van der Waals surface area contributed by atoms with Crippen molar-refractivity contribution in [2.45, 2.75) is 6.54 Å². The zero-order valence-corrected chi connectivity index (χ0v) is 8.06. The number of carbonyl (C=O) groups excluding carboxylic acids is 1. The second kappa shape index (κ2) is 4.95. The lowest BCUT2D eigenvalue weighted by Crippen LogP contribution is -2.21. The standard InChI is InChI=1S/C11H11NO3/c1-2-10(13)9-6-4-3-5-8(9)7-12-11(14)15/h2-6,12H,1,7H2,(H,14,15). The van der Waals surface area contributed by atoms with Crippen molar-refractivity contribution in [3.05, 3.63) is 48.0 Å². The van der Waals surface area contributed by atoms with Crippen molar-refractivity contribution in [3.63, 3.8) is 0 Å². The minimum absolute atomic E-state index is 0.116. The molecular formula is C11H11NO3. The Bertz CT molecular complexity index is 399. The third-order valence-corrected chi connectivity index (χ3v) is 1.90. The molecular weight excluding hydrogens is 194 g/mol. The zero-order chi connectivity index (χ0) is 11.3. The summed E-state index contributed by atoms with van der Waals surface area (Å²) in [5.41, 5.74) is 1.12. The van der Waals surface area contributed by atoms with Gasteiger partial charge in [-0.3, -0.25) is 4.79 Å². The molecule has 0 spiro atoms. The van der Waals surface area contributed by atoms with Crippen LogP contribution in [0.4, 0.5) is 4.79 Å². The van der Waals surface area contributed by atoms with Crippen molar-refractivity contribution in [1.29, 1.82) is 0 Å². The molecule has 0 radical (unpaired) electrons. The molecule has 0 bridgehead atoms. The highest BCUT2D eigenvalue weighted by Crippen LogP contribution is 2.09. The maximum Gasteiger partial charge on any atom is 0.404 e. The van der Waals surface area contributed by atoms with Crippen LogP contribution in [0.15, 0.2) is 36.9 Å². The van der Waals surface area contributed by atoms with Crippen molar-refractivity contribution in [3.8, 4) is 0 Å². The second-order valence-corrected chi connectivity index (χ2v) is 2.88. The molecule has 0 aliphatic heterocycles. The molecule has 78 valence electrons. The number of hydrogen-bond donors (Lipinski definition) is 2. The lowest BCUT2D eigenvalue weighted by atomic mass is 10.0. The van der Waals surface area contributed by atoms with Crippen LogP contribution in [-0.4, -0.2) is 17.0 Å². The van der Waals surface area contributed by atoms with E-state index < -0.39 is 6.09 Å². The van der Waals surface area contributed by atoms with Gasteiger partial charge in [0, 0.05) is 12.1 Å². The number of rotatable bonds is 4. The minimum atomic E-state index is -1.11. The summed E-state index contributed by atoms with van der Waals surface area (Å²) in [5.74, 6) is -0.210. The number of carboxylic acid groups (broad SMARTS) is 1. The van der Waals surface area contributed by atoms with Crippen LogP contribution in [0.5, 0.6) is 0 Å². The molecule has 0 aliphatic rings. The van der Waals surface area contributed by atoms with Gasteiger partial charge in [0.05, 0.1) is 0 Å².